The highest BCUT2D eigenvalue weighted by molar-refractivity contribution is 4.77. The van der Waals surface area contributed by atoms with E-state index in [4.69, 9.17) is 0 Å². The summed E-state index contributed by atoms with van der Waals surface area (Å²) in [5.41, 5.74) is 0. The molecule has 2 heterocycles. The molecule has 0 bridgehead atoms. The van der Waals surface area contributed by atoms with Crippen LogP contribution in [-0.2, 0) is 0 Å². The fourth-order valence-corrected chi connectivity index (χ4v) is 2.37. The molecule has 14 heavy (non-hydrogen) atoms. The van der Waals surface area contributed by atoms with Crippen LogP contribution >= 0.6 is 0 Å². The van der Waals surface area contributed by atoms with Crippen LogP contribution in [0.1, 0.15) is 25.7 Å². The molecule has 2 aliphatic heterocycles. The Morgan fingerprint density at radius 3 is 2.50 bits per heavy atom. The molecule has 0 aromatic rings. The highest BCUT2D eigenvalue weighted by atomic mass is 15.0. The summed E-state index contributed by atoms with van der Waals surface area (Å²) in [5, 5.41) is 11.5. The Morgan fingerprint density at radius 2 is 1.79 bits per heavy atom. The third kappa shape index (κ3) is 3.23. The Labute approximate surface area is 87.0 Å². The normalized spacial score (nSPS) is 26.6. The molecule has 2 N–H and O–H groups in total. The molecule has 81 valence electrons. The molecular formula is C11H22N3. The molecule has 2 rings (SSSR count). The SMILES string of the molecule is C1CC(CNC2CCNCC2)CC[N]1. The van der Waals surface area contributed by atoms with Gasteiger partial charge in [0, 0.05) is 19.1 Å². The fraction of sp³-hybridized carbons (Fsp3) is 1.00. The van der Waals surface area contributed by atoms with E-state index in [0.29, 0.717) is 0 Å². The molecule has 0 unspecified atom stereocenters. The molecule has 0 aliphatic carbocycles. The van der Waals surface area contributed by atoms with Gasteiger partial charge in [-0.2, -0.15) is 0 Å². The van der Waals surface area contributed by atoms with E-state index in [-0.39, 0.29) is 0 Å². The molecule has 2 saturated heterocycles. The number of nitrogens with zero attached hydrogens (tertiary/aromatic N) is 1. The minimum atomic E-state index is 0.773. The van der Waals surface area contributed by atoms with Crippen molar-refractivity contribution in [3.63, 3.8) is 0 Å². The lowest BCUT2D eigenvalue weighted by molar-refractivity contribution is 0.312. The Kier molecular flexibility index (Phi) is 4.22. The van der Waals surface area contributed by atoms with Crippen molar-refractivity contribution in [1.82, 2.24) is 16.0 Å². The summed E-state index contributed by atoms with van der Waals surface area (Å²) in [6, 6.07) is 0.773. The van der Waals surface area contributed by atoms with Crippen molar-refractivity contribution in [2.45, 2.75) is 31.7 Å². The topological polar surface area (TPSA) is 38.2 Å². The van der Waals surface area contributed by atoms with Crippen LogP contribution in [-0.4, -0.2) is 38.8 Å². The van der Waals surface area contributed by atoms with Gasteiger partial charge in [0.2, 0.25) is 0 Å². The largest absolute Gasteiger partial charge is 0.317 e. The second-order valence-electron chi connectivity index (χ2n) is 4.55. The van der Waals surface area contributed by atoms with E-state index in [1.807, 2.05) is 0 Å². The Balaban J connectivity index is 1.60. The van der Waals surface area contributed by atoms with E-state index >= 15 is 0 Å². The summed E-state index contributed by atoms with van der Waals surface area (Å²) in [4.78, 5) is 0. The minimum absolute atomic E-state index is 0.773. The van der Waals surface area contributed by atoms with Gasteiger partial charge in [-0.3, -0.25) is 0 Å². The number of rotatable bonds is 3. The summed E-state index contributed by atoms with van der Waals surface area (Å²) < 4.78 is 0. The third-order valence-corrected chi connectivity index (χ3v) is 3.43. The van der Waals surface area contributed by atoms with Crippen molar-refractivity contribution in [2.24, 2.45) is 5.92 Å². The second-order valence-corrected chi connectivity index (χ2v) is 4.55. The van der Waals surface area contributed by atoms with Crippen molar-refractivity contribution in [2.75, 3.05) is 32.7 Å². The van der Waals surface area contributed by atoms with Gasteiger partial charge < -0.3 is 10.6 Å². The van der Waals surface area contributed by atoms with Crippen LogP contribution in [0.15, 0.2) is 0 Å². The van der Waals surface area contributed by atoms with Crippen molar-refractivity contribution >= 4 is 0 Å². The Bertz CT molecular complexity index is 131. The lowest BCUT2D eigenvalue weighted by Crippen LogP contribution is -2.42. The summed E-state index contributed by atoms with van der Waals surface area (Å²) in [7, 11) is 0. The van der Waals surface area contributed by atoms with E-state index in [1.165, 1.54) is 45.3 Å². The minimum Gasteiger partial charge on any atom is -0.317 e. The van der Waals surface area contributed by atoms with Crippen LogP contribution in [0.3, 0.4) is 0 Å². The number of piperidine rings is 2. The maximum absolute atomic E-state index is 4.38. The molecule has 0 spiro atoms. The van der Waals surface area contributed by atoms with Crippen LogP contribution < -0.4 is 16.0 Å². The predicted molar refractivity (Wildman–Crippen MR) is 58.5 cm³/mol. The smallest absolute Gasteiger partial charge is 0.0136 e. The first-order chi connectivity index (χ1) is 6.95. The highest BCUT2D eigenvalue weighted by Crippen LogP contribution is 2.12. The first kappa shape index (κ1) is 10.4. The van der Waals surface area contributed by atoms with Gasteiger partial charge in [0.05, 0.1) is 0 Å². The first-order valence-corrected chi connectivity index (χ1v) is 6.02. The van der Waals surface area contributed by atoms with Crippen LogP contribution in [0.4, 0.5) is 0 Å². The average molecular weight is 196 g/mol. The second kappa shape index (κ2) is 5.69. The van der Waals surface area contributed by atoms with E-state index < -0.39 is 0 Å². The summed E-state index contributed by atoms with van der Waals surface area (Å²) in [5.74, 6) is 0.891. The van der Waals surface area contributed by atoms with Gasteiger partial charge in [0.1, 0.15) is 0 Å². The zero-order chi connectivity index (χ0) is 9.64. The molecular weight excluding hydrogens is 174 g/mol. The lowest BCUT2D eigenvalue weighted by atomic mass is 9.97. The van der Waals surface area contributed by atoms with Crippen molar-refractivity contribution in [3.05, 3.63) is 0 Å². The van der Waals surface area contributed by atoms with E-state index in [0.717, 1.165) is 25.0 Å². The Morgan fingerprint density at radius 1 is 1.07 bits per heavy atom. The van der Waals surface area contributed by atoms with E-state index in [1.54, 1.807) is 0 Å². The maximum Gasteiger partial charge on any atom is 0.0136 e. The lowest BCUT2D eigenvalue weighted by Gasteiger charge is -2.28. The fourth-order valence-electron chi connectivity index (χ4n) is 2.37. The molecule has 2 aliphatic rings. The number of hydrogen-bond donors (Lipinski definition) is 2. The number of hydrogen-bond acceptors (Lipinski definition) is 2. The molecule has 2 fully saturated rings. The van der Waals surface area contributed by atoms with Crippen LogP contribution in [0.5, 0.6) is 0 Å². The standard InChI is InChI=1S/C11H22N3/c1-5-12-6-2-10(1)9-14-11-3-7-13-8-4-11/h10-11,13-14H,1-9H2. The van der Waals surface area contributed by atoms with E-state index in [9.17, 15) is 0 Å². The predicted octanol–water partition coefficient (Wildman–Crippen LogP) is 0.342. The highest BCUT2D eigenvalue weighted by Gasteiger charge is 2.17. The third-order valence-electron chi connectivity index (χ3n) is 3.43. The number of nitrogens with one attached hydrogen (secondary N) is 2. The zero-order valence-corrected chi connectivity index (χ0v) is 8.97. The van der Waals surface area contributed by atoms with Gasteiger partial charge in [-0.1, -0.05) is 0 Å². The van der Waals surface area contributed by atoms with Crippen LogP contribution in [0.25, 0.3) is 0 Å². The molecule has 0 saturated carbocycles. The first-order valence-electron chi connectivity index (χ1n) is 6.02. The average Bonchev–Trinajstić information content (AvgIpc) is 2.29. The zero-order valence-electron chi connectivity index (χ0n) is 8.97. The molecule has 0 aromatic carbocycles. The molecule has 3 nitrogen and oxygen atoms in total. The molecule has 0 aromatic heterocycles. The molecule has 0 amide bonds. The van der Waals surface area contributed by atoms with Gasteiger partial charge in [-0.25, -0.2) is 5.32 Å². The maximum atomic E-state index is 4.38. The summed E-state index contributed by atoms with van der Waals surface area (Å²) in [6.45, 7) is 5.80. The summed E-state index contributed by atoms with van der Waals surface area (Å²) >= 11 is 0. The van der Waals surface area contributed by atoms with Gasteiger partial charge in [0.15, 0.2) is 0 Å². The van der Waals surface area contributed by atoms with Gasteiger partial charge in [-0.15, -0.1) is 0 Å². The van der Waals surface area contributed by atoms with E-state index in [2.05, 4.69) is 16.0 Å². The van der Waals surface area contributed by atoms with Crippen LogP contribution in [0.2, 0.25) is 0 Å². The van der Waals surface area contributed by atoms with Crippen molar-refractivity contribution in [3.8, 4) is 0 Å². The quantitative estimate of drug-likeness (QED) is 0.683. The molecule has 0 atom stereocenters. The van der Waals surface area contributed by atoms with Crippen molar-refractivity contribution < 1.29 is 0 Å². The van der Waals surface area contributed by atoms with Gasteiger partial charge >= 0.3 is 0 Å². The summed E-state index contributed by atoms with van der Waals surface area (Å²) in [6.07, 6.45) is 5.21. The molecule has 3 heteroatoms. The molecule has 1 radical (unpaired) electrons. The van der Waals surface area contributed by atoms with Gasteiger partial charge in [-0.05, 0) is 51.2 Å². The Hall–Kier alpha value is -0.120. The monoisotopic (exact) mass is 196 g/mol. The van der Waals surface area contributed by atoms with Crippen molar-refractivity contribution in [1.29, 1.82) is 0 Å². The van der Waals surface area contributed by atoms with Gasteiger partial charge in [0.25, 0.3) is 0 Å². The van der Waals surface area contributed by atoms with Crippen LogP contribution in [0, 0.1) is 5.92 Å².